The number of hydrogen-bond donors (Lipinski definition) is 0. The average molecular weight is 476 g/mol. The van der Waals surface area contributed by atoms with E-state index in [0.717, 1.165) is 12.5 Å². The summed E-state index contributed by atoms with van der Waals surface area (Å²) in [5.41, 5.74) is -0.798. The van der Waals surface area contributed by atoms with E-state index in [-0.39, 0.29) is 17.5 Å². The van der Waals surface area contributed by atoms with Crippen LogP contribution in [0.1, 0.15) is 39.1 Å². The number of nitrogens with zero attached hydrogens (tertiary/aromatic N) is 4. The first-order valence-electron chi connectivity index (χ1n) is 10.9. The van der Waals surface area contributed by atoms with Gasteiger partial charge in [0.05, 0.1) is 21.6 Å². The van der Waals surface area contributed by atoms with Gasteiger partial charge in [0.1, 0.15) is 0 Å². The van der Waals surface area contributed by atoms with E-state index in [4.69, 9.17) is 0 Å². The van der Waals surface area contributed by atoms with Crippen LogP contribution in [0, 0.1) is 10.1 Å². The lowest BCUT2D eigenvalue weighted by Gasteiger charge is -2.37. The van der Waals surface area contributed by atoms with Gasteiger partial charge in [0.25, 0.3) is 17.5 Å². The first-order valence-corrected chi connectivity index (χ1v) is 10.9. The highest BCUT2D eigenvalue weighted by atomic mass is 19.4. The van der Waals surface area contributed by atoms with Crippen molar-refractivity contribution in [2.45, 2.75) is 19.0 Å². The average Bonchev–Trinajstić information content (AvgIpc) is 3.06. The van der Waals surface area contributed by atoms with Gasteiger partial charge in [-0.25, -0.2) is 0 Å². The topological polar surface area (TPSA) is 87.0 Å². The quantitative estimate of drug-likeness (QED) is 0.261. The number of fused-ring (bicyclic) bond motifs is 1. The Morgan fingerprint density at radius 2 is 1.47 bits per heavy atom. The number of piperazine rings is 1. The highest BCUT2D eigenvalue weighted by Crippen LogP contribution is 2.39. The van der Waals surface area contributed by atoms with Crippen molar-refractivity contribution in [1.29, 1.82) is 0 Å². The van der Waals surface area contributed by atoms with Crippen molar-refractivity contribution in [3.05, 3.63) is 69.3 Å². The van der Waals surface area contributed by atoms with Crippen LogP contribution in [0.4, 0.5) is 24.5 Å². The van der Waals surface area contributed by atoms with Crippen molar-refractivity contribution < 1.29 is 27.7 Å². The number of rotatable bonds is 7. The molecule has 2 aliphatic heterocycles. The lowest BCUT2D eigenvalue weighted by Crippen LogP contribution is -2.47. The fourth-order valence-corrected chi connectivity index (χ4v) is 4.40. The van der Waals surface area contributed by atoms with E-state index < -0.39 is 22.4 Å². The van der Waals surface area contributed by atoms with Crippen LogP contribution in [0.3, 0.4) is 0 Å². The number of nitro benzene ring substituents is 1. The number of unbranched alkanes of at least 4 members (excludes halogenated alkanes) is 1. The molecule has 0 N–H and O–H groups in total. The Morgan fingerprint density at radius 3 is 2.03 bits per heavy atom. The Balaban J connectivity index is 1.27. The van der Waals surface area contributed by atoms with E-state index >= 15 is 0 Å². The van der Waals surface area contributed by atoms with Gasteiger partial charge < -0.3 is 4.90 Å². The summed E-state index contributed by atoms with van der Waals surface area (Å²) in [6.45, 7) is 2.83. The second kappa shape index (κ2) is 9.41. The molecule has 2 amide bonds. The molecule has 0 aliphatic carbocycles. The minimum Gasteiger partial charge on any atom is -0.368 e. The highest BCUT2D eigenvalue weighted by molar-refractivity contribution is 6.21. The largest absolute Gasteiger partial charge is 0.418 e. The fraction of sp³-hybridized carbons (Fsp3) is 0.391. The second-order valence-corrected chi connectivity index (χ2v) is 8.30. The highest BCUT2D eigenvalue weighted by Gasteiger charge is 2.37. The third-order valence-electron chi connectivity index (χ3n) is 6.19. The molecule has 2 aromatic rings. The van der Waals surface area contributed by atoms with Crippen molar-refractivity contribution in [2.75, 3.05) is 44.2 Å². The normalized spacial score (nSPS) is 16.8. The van der Waals surface area contributed by atoms with E-state index in [1.807, 2.05) is 0 Å². The summed E-state index contributed by atoms with van der Waals surface area (Å²) in [5.74, 6) is -0.560. The van der Waals surface area contributed by atoms with E-state index in [1.54, 1.807) is 29.2 Å². The molecule has 8 nitrogen and oxygen atoms in total. The maximum atomic E-state index is 13.5. The smallest absolute Gasteiger partial charge is 0.368 e. The summed E-state index contributed by atoms with van der Waals surface area (Å²) in [7, 11) is 0. The first-order chi connectivity index (χ1) is 16.2. The number of anilines is 1. The molecule has 0 bridgehead atoms. The number of hydrogen-bond acceptors (Lipinski definition) is 6. The van der Waals surface area contributed by atoms with Gasteiger partial charge in [0.2, 0.25) is 0 Å². The number of non-ortho nitro benzene ring substituents is 1. The molecule has 4 rings (SSSR count). The number of nitro groups is 1. The lowest BCUT2D eigenvalue weighted by molar-refractivity contribution is -0.385. The Labute approximate surface area is 193 Å². The number of carbonyl (C=O) groups is 2. The van der Waals surface area contributed by atoms with Crippen LogP contribution in [0.5, 0.6) is 0 Å². The number of carbonyl (C=O) groups excluding carboxylic acids is 2. The molecule has 180 valence electrons. The van der Waals surface area contributed by atoms with E-state index in [2.05, 4.69) is 4.90 Å². The van der Waals surface area contributed by atoms with Crippen LogP contribution in [0.25, 0.3) is 0 Å². The molecule has 1 fully saturated rings. The first kappa shape index (κ1) is 23.7. The minimum absolute atomic E-state index is 0.0524. The van der Waals surface area contributed by atoms with Gasteiger partial charge >= 0.3 is 6.18 Å². The summed E-state index contributed by atoms with van der Waals surface area (Å²) in [4.78, 5) is 39.8. The monoisotopic (exact) mass is 476 g/mol. The van der Waals surface area contributed by atoms with Crippen molar-refractivity contribution in [3.63, 3.8) is 0 Å². The molecule has 0 unspecified atom stereocenters. The Kier molecular flexibility index (Phi) is 6.56. The predicted octanol–water partition coefficient (Wildman–Crippen LogP) is 3.81. The van der Waals surface area contributed by atoms with Crippen LogP contribution in [-0.4, -0.2) is 65.8 Å². The zero-order valence-corrected chi connectivity index (χ0v) is 18.3. The molecule has 11 heteroatoms. The zero-order chi connectivity index (χ0) is 24.5. The van der Waals surface area contributed by atoms with Gasteiger partial charge in [-0.05, 0) is 37.6 Å². The number of imide groups is 1. The lowest BCUT2D eigenvalue weighted by atomic mass is 10.1. The summed E-state index contributed by atoms with van der Waals surface area (Å²) in [6.07, 6.45) is -3.33. The third kappa shape index (κ3) is 4.74. The molecule has 2 aromatic carbocycles. The maximum absolute atomic E-state index is 13.5. The Bertz CT molecular complexity index is 1080. The van der Waals surface area contributed by atoms with Gasteiger partial charge in [-0.2, -0.15) is 13.2 Å². The predicted molar refractivity (Wildman–Crippen MR) is 118 cm³/mol. The van der Waals surface area contributed by atoms with Gasteiger partial charge in [-0.15, -0.1) is 0 Å². The van der Waals surface area contributed by atoms with Crippen molar-refractivity contribution in [3.8, 4) is 0 Å². The van der Waals surface area contributed by atoms with E-state index in [1.165, 1.54) is 11.0 Å². The van der Waals surface area contributed by atoms with Gasteiger partial charge in [-0.3, -0.25) is 29.5 Å². The molecule has 2 aliphatic rings. The SMILES string of the molecule is O=C1c2ccccc2C(=O)N1CCCCN1CCN(c2ccc([N+](=O)[O-])cc2C(F)(F)F)CC1. The van der Waals surface area contributed by atoms with Crippen molar-refractivity contribution >= 4 is 23.2 Å². The van der Waals surface area contributed by atoms with Crippen LogP contribution in [0.2, 0.25) is 0 Å². The molecule has 0 spiro atoms. The fourth-order valence-electron chi connectivity index (χ4n) is 4.40. The molecular weight excluding hydrogens is 453 g/mol. The molecule has 2 heterocycles. The molecule has 0 aromatic heterocycles. The van der Waals surface area contributed by atoms with Crippen LogP contribution < -0.4 is 4.90 Å². The number of benzene rings is 2. The van der Waals surface area contributed by atoms with E-state index in [0.29, 0.717) is 62.9 Å². The number of amides is 2. The molecule has 34 heavy (non-hydrogen) atoms. The van der Waals surface area contributed by atoms with Crippen LogP contribution in [-0.2, 0) is 6.18 Å². The van der Waals surface area contributed by atoms with Crippen LogP contribution >= 0.6 is 0 Å². The van der Waals surface area contributed by atoms with Crippen molar-refractivity contribution in [2.24, 2.45) is 0 Å². The molecule has 0 atom stereocenters. The summed E-state index contributed by atoms with van der Waals surface area (Å²) in [5, 5.41) is 10.9. The van der Waals surface area contributed by atoms with Crippen molar-refractivity contribution in [1.82, 2.24) is 9.80 Å². The standard InChI is InChI=1S/C23H23F3N4O4/c24-23(25,26)19-15-16(30(33)34)7-8-20(19)28-13-11-27(12-14-28)9-3-4-10-29-21(31)17-5-1-2-6-18(17)22(29)32/h1-2,5-8,15H,3-4,9-14H2. The van der Waals surface area contributed by atoms with Gasteiger partial charge in [-0.1, -0.05) is 12.1 Å². The third-order valence-corrected chi connectivity index (χ3v) is 6.19. The molecule has 0 saturated carbocycles. The molecule has 0 radical (unpaired) electrons. The van der Waals surface area contributed by atoms with Gasteiger partial charge in [0.15, 0.2) is 0 Å². The van der Waals surface area contributed by atoms with Gasteiger partial charge in [0, 0.05) is 50.5 Å². The summed E-state index contributed by atoms with van der Waals surface area (Å²) >= 11 is 0. The number of alkyl halides is 3. The Morgan fingerprint density at radius 1 is 0.882 bits per heavy atom. The summed E-state index contributed by atoms with van der Waals surface area (Å²) in [6, 6.07) is 9.58. The minimum atomic E-state index is -4.69. The molecule has 1 saturated heterocycles. The van der Waals surface area contributed by atoms with E-state index in [9.17, 15) is 32.9 Å². The maximum Gasteiger partial charge on any atom is 0.418 e. The second-order valence-electron chi connectivity index (χ2n) is 8.30. The molecular formula is C23H23F3N4O4. The zero-order valence-electron chi connectivity index (χ0n) is 18.3. The number of halogens is 3. The Hall–Kier alpha value is -3.47. The van der Waals surface area contributed by atoms with Crippen LogP contribution in [0.15, 0.2) is 42.5 Å². The summed E-state index contributed by atoms with van der Waals surface area (Å²) < 4.78 is 40.5.